The van der Waals surface area contributed by atoms with E-state index in [0.29, 0.717) is 13.0 Å². The lowest BCUT2D eigenvalue weighted by Crippen LogP contribution is -2.01. The summed E-state index contributed by atoms with van der Waals surface area (Å²) in [5.41, 5.74) is 0. The molecule has 2 N–H and O–H groups in total. The fourth-order valence-corrected chi connectivity index (χ4v) is 1.45. The summed E-state index contributed by atoms with van der Waals surface area (Å²) in [4.78, 5) is 16.8. The van der Waals surface area contributed by atoms with Gasteiger partial charge in [0.25, 0.3) is 0 Å². The first-order chi connectivity index (χ1) is 4.42. The highest BCUT2D eigenvalue weighted by Crippen LogP contribution is 2.34. The predicted octanol–water partition coefficient (Wildman–Crippen LogP) is 1.48. The van der Waals surface area contributed by atoms with Crippen LogP contribution >= 0.6 is 39.9 Å². The van der Waals surface area contributed by atoms with Gasteiger partial charge in [-0.25, -0.2) is 0 Å². The van der Waals surface area contributed by atoms with E-state index < -0.39 is 7.60 Å². The minimum atomic E-state index is -3.79. The lowest BCUT2D eigenvalue weighted by molar-refractivity contribution is 0.371. The van der Waals surface area contributed by atoms with Crippen molar-refractivity contribution in [3.05, 3.63) is 0 Å². The maximum absolute atomic E-state index is 10.3. The van der Waals surface area contributed by atoms with Gasteiger partial charge in [0.15, 0.2) is 0 Å². The normalized spacial score (nSPS) is 12.5. The van der Waals surface area contributed by atoms with Crippen molar-refractivity contribution in [1.82, 2.24) is 2.95 Å². The standard InChI is InChI=1S/C3H8Br2NO3P/c4-6(5)2-1-3-10(7,8)9/h1-3H2,(H2,7,8,9). The SMILES string of the molecule is O=P(O)(O)CCCN(Br)Br. The Morgan fingerprint density at radius 3 is 2.20 bits per heavy atom. The molecular formula is C3H8Br2NO3P. The minimum Gasteiger partial charge on any atom is -0.324 e. The van der Waals surface area contributed by atoms with Crippen LogP contribution in [0.3, 0.4) is 0 Å². The Labute approximate surface area is 76.4 Å². The van der Waals surface area contributed by atoms with Crippen LogP contribution in [0.4, 0.5) is 0 Å². The molecule has 0 aromatic rings. The first kappa shape index (κ1) is 11.1. The molecule has 0 radical (unpaired) electrons. The molecule has 0 unspecified atom stereocenters. The van der Waals surface area contributed by atoms with Gasteiger partial charge < -0.3 is 9.79 Å². The van der Waals surface area contributed by atoms with Crippen molar-refractivity contribution in [2.45, 2.75) is 6.42 Å². The van der Waals surface area contributed by atoms with Gasteiger partial charge >= 0.3 is 7.60 Å². The third kappa shape index (κ3) is 9.07. The van der Waals surface area contributed by atoms with Gasteiger partial charge in [0.2, 0.25) is 0 Å². The van der Waals surface area contributed by atoms with Gasteiger partial charge in [-0.15, -0.1) is 0 Å². The molecule has 0 aliphatic carbocycles. The number of nitrogens with zero attached hydrogens (tertiary/aromatic N) is 1. The maximum atomic E-state index is 10.3. The number of hydrogen-bond acceptors (Lipinski definition) is 2. The maximum Gasteiger partial charge on any atom is 0.325 e. The molecule has 0 rings (SSSR count). The summed E-state index contributed by atoms with van der Waals surface area (Å²) in [5.74, 6) is 0. The Kier molecular flexibility index (Phi) is 5.37. The quantitative estimate of drug-likeness (QED) is 0.609. The zero-order valence-corrected chi connectivity index (χ0v) is 9.14. The van der Waals surface area contributed by atoms with Gasteiger partial charge in [-0.05, 0) is 6.42 Å². The molecule has 10 heavy (non-hydrogen) atoms. The fourth-order valence-electron chi connectivity index (χ4n) is 0.396. The van der Waals surface area contributed by atoms with Crippen molar-refractivity contribution >= 4 is 39.9 Å². The highest BCUT2D eigenvalue weighted by molar-refractivity contribution is 9.21. The summed E-state index contributed by atoms with van der Waals surface area (Å²) < 4.78 is 11.8. The molecule has 62 valence electrons. The van der Waals surface area contributed by atoms with Crippen LogP contribution in [0, 0.1) is 0 Å². The second kappa shape index (κ2) is 4.85. The van der Waals surface area contributed by atoms with E-state index in [1.807, 2.05) is 0 Å². The second-order valence-corrected chi connectivity index (χ2v) is 6.21. The highest BCUT2D eigenvalue weighted by atomic mass is 79.9. The van der Waals surface area contributed by atoms with Crippen LogP contribution in [0.2, 0.25) is 0 Å². The Bertz CT molecular complexity index is 136. The van der Waals surface area contributed by atoms with E-state index in [1.54, 1.807) is 0 Å². The summed E-state index contributed by atoms with van der Waals surface area (Å²) in [7, 11) is -3.79. The van der Waals surface area contributed by atoms with Crippen molar-refractivity contribution in [2.75, 3.05) is 12.7 Å². The summed E-state index contributed by atoms with van der Waals surface area (Å²) in [6, 6.07) is 0. The Morgan fingerprint density at radius 2 is 1.90 bits per heavy atom. The molecule has 0 aromatic heterocycles. The van der Waals surface area contributed by atoms with Crippen LogP contribution in [0.15, 0.2) is 0 Å². The van der Waals surface area contributed by atoms with Gasteiger partial charge in [-0.2, -0.15) is 2.95 Å². The lowest BCUT2D eigenvalue weighted by atomic mass is 10.5. The zero-order valence-electron chi connectivity index (χ0n) is 5.07. The van der Waals surface area contributed by atoms with Gasteiger partial charge in [0, 0.05) is 38.8 Å². The van der Waals surface area contributed by atoms with Gasteiger partial charge in [0.05, 0.1) is 6.16 Å². The van der Waals surface area contributed by atoms with Crippen molar-refractivity contribution in [1.29, 1.82) is 0 Å². The monoisotopic (exact) mass is 295 g/mol. The average Bonchev–Trinajstić information content (AvgIpc) is 1.59. The summed E-state index contributed by atoms with van der Waals surface area (Å²) in [6.07, 6.45) is 0.390. The molecule has 0 aliphatic rings. The van der Waals surface area contributed by atoms with E-state index in [2.05, 4.69) is 32.3 Å². The molecule has 0 fully saturated rings. The lowest BCUT2D eigenvalue weighted by Gasteiger charge is -2.05. The third-order valence-electron chi connectivity index (χ3n) is 0.777. The van der Waals surface area contributed by atoms with E-state index in [0.717, 1.165) is 0 Å². The van der Waals surface area contributed by atoms with Crippen LogP contribution in [0.5, 0.6) is 0 Å². The molecule has 0 saturated carbocycles. The Balaban J connectivity index is 3.30. The van der Waals surface area contributed by atoms with E-state index in [4.69, 9.17) is 9.79 Å². The highest BCUT2D eigenvalue weighted by Gasteiger charge is 2.11. The van der Waals surface area contributed by atoms with E-state index in [9.17, 15) is 4.57 Å². The molecule has 0 saturated heterocycles. The molecule has 0 aromatic carbocycles. The molecule has 0 spiro atoms. The van der Waals surface area contributed by atoms with Crippen molar-refractivity contribution < 1.29 is 14.4 Å². The Morgan fingerprint density at radius 1 is 1.40 bits per heavy atom. The van der Waals surface area contributed by atoms with Gasteiger partial charge in [-0.3, -0.25) is 4.57 Å². The zero-order chi connectivity index (χ0) is 8.20. The fraction of sp³-hybridized carbons (Fsp3) is 1.00. The molecule has 0 bridgehead atoms. The molecular weight excluding hydrogens is 289 g/mol. The summed E-state index contributed by atoms with van der Waals surface area (Å²) in [5, 5.41) is 0. The van der Waals surface area contributed by atoms with Crippen molar-refractivity contribution in [3.8, 4) is 0 Å². The molecule has 0 atom stereocenters. The topological polar surface area (TPSA) is 60.8 Å². The molecule has 4 nitrogen and oxygen atoms in total. The molecule has 0 amide bonds. The number of rotatable bonds is 4. The smallest absolute Gasteiger partial charge is 0.324 e. The second-order valence-electron chi connectivity index (χ2n) is 1.77. The Hall–Kier alpha value is 1.07. The predicted molar refractivity (Wildman–Crippen MR) is 46.1 cm³/mol. The van der Waals surface area contributed by atoms with E-state index in [-0.39, 0.29) is 6.16 Å². The number of hydrogen-bond donors (Lipinski definition) is 2. The third-order valence-corrected chi connectivity index (χ3v) is 2.38. The van der Waals surface area contributed by atoms with Crippen LogP contribution in [0.1, 0.15) is 6.42 Å². The van der Waals surface area contributed by atoms with Crippen LogP contribution < -0.4 is 0 Å². The number of halogens is 2. The van der Waals surface area contributed by atoms with E-state index in [1.165, 1.54) is 2.95 Å². The average molecular weight is 297 g/mol. The van der Waals surface area contributed by atoms with Crippen LogP contribution in [-0.4, -0.2) is 25.4 Å². The van der Waals surface area contributed by atoms with Crippen molar-refractivity contribution in [3.63, 3.8) is 0 Å². The van der Waals surface area contributed by atoms with Crippen molar-refractivity contribution in [2.24, 2.45) is 0 Å². The molecule has 0 aliphatic heterocycles. The summed E-state index contributed by atoms with van der Waals surface area (Å²) >= 11 is 6.08. The largest absolute Gasteiger partial charge is 0.325 e. The first-order valence-electron chi connectivity index (χ1n) is 2.55. The first-order valence-corrected chi connectivity index (χ1v) is 5.77. The van der Waals surface area contributed by atoms with Crippen LogP contribution in [0.25, 0.3) is 0 Å². The molecule has 7 heteroatoms. The van der Waals surface area contributed by atoms with Gasteiger partial charge in [0.1, 0.15) is 0 Å². The van der Waals surface area contributed by atoms with E-state index >= 15 is 0 Å². The minimum absolute atomic E-state index is 0.0688. The van der Waals surface area contributed by atoms with Crippen LogP contribution in [-0.2, 0) is 4.57 Å². The molecule has 0 heterocycles. The summed E-state index contributed by atoms with van der Waals surface area (Å²) in [6.45, 7) is 0.561. The van der Waals surface area contributed by atoms with Gasteiger partial charge in [-0.1, -0.05) is 0 Å².